The van der Waals surface area contributed by atoms with Crippen molar-refractivity contribution in [2.24, 2.45) is 5.92 Å². The van der Waals surface area contributed by atoms with Gasteiger partial charge in [-0.05, 0) is 45.2 Å². The summed E-state index contributed by atoms with van der Waals surface area (Å²) in [6, 6.07) is 10.5. The van der Waals surface area contributed by atoms with Gasteiger partial charge in [-0.15, -0.1) is 0 Å². The number of alkyl carbamates (subject to hydrolysis) is 1. The quantitative estimate of drug-likeness (QED) is 0.717. The molecule has 0 bridgehead atoms. The monoisotopic (exact) mass is 320 g/mol. The van der Waals surface area contributed by atoms with Gasteiger partial charge in [0.25, 0.3) is 0 Å². The molecule has 23 heavy (non-hydrogen) atoms. The van der Waals surface area contributed by atoms with E-state index in [0.717, 1.165) is 25.9 Å². The van der Waals surface area contributed by atoms with Gasteiger partial charge >= 0.3 is 6.09 Å². The van der Waals surface area contributed by atoms with Crippen molar-refractivity contribution in [3.63, 3.8) is 0 Å². The Morgan fingerprint density at radius 3 is 2.43 bits per heavy atom. The second-order valence-electron chi connectivity index (χ2n) is 7.08. The number of carbonyl (C=O) groups excluding carboxylic acids is 1. The summed E-state index contributed by atoms with van der Waals surface area (Å²) < 4.78 is 5.36. The minimum Gasteiger partial charge on any atom is -0.444 e. The molecule has 0 aliphatic heterocycles. The van der Waals surface area contributed by atoms with Crippen LogP contribution in [0.1, 0.15) is 46.6 Å². The van der Waals surface area contributed by atoms with Crippen LogP contribution in [-0.4, -0.2) is 30.8 Å². The standard InChI is InChI=1S/C19H32N2O2/c1-6-15(2)17(21-18(22)23-19(3,4)5)14-20-13-12-16-10-8-7-9-11-16/h7-11,15,17,20H,6,12-14H2,1-5H3,(H,21,22)/t15-,17+/m0/s1. The molecule has 4 nitrogen and oxygen atoms in total. The maximum atomic E-state index is 12.0. The fourth-order valence-corrected chi connectivity index (χ4v) is 2.27. The lowest BCUT2D eigenvalue weighted by atomic mass is 9.99. The summed E-state index contributed by atoms with van der Waals surface area (Å²) >= 11 is 0. The lowest BCUT2D eigenvalue weighted by Crippen LogP contribution is -2.47. The van der Waals surface area contributed by atoms with Crippen molar-refractivity contribution in [3.8, 4) is 0 Å². The largest absolute Gasteiger partial charge is 0.444 e. The third kappa shape index (κ3) is 8.60. The Hall–Kier alpha value is -1.55. The summed E-state index contributed by atoms with van der Waals surface area (Å²) in [5.74, 6) is 0.395. The topological polar surface area (TPSA) is 50.4 Å². The van der Waals surface area contributed by atoms with Gasteiger partial charge in [-0.25, -0.2) is 4.79 Å². The van der Waals surface area contributed by atoms with Crippen LogP contribution in [0.15, 0.2) is 30.3 Å². The van der Waals surface area contributed by atoms with E-state index in [4.69, 9.17) is 4.74 Å². The van der Waals surface area contributed by atoms with E-state index in [1.807, 2.05) is 26.8 Å². The van der Waals surface area contributed by atoms with Crippen LogP contribution in [-0.2, 0) is 11.2 Å². The lowest BCUT2D eigenvalue weighted by molar-refractivity contribution is 0.0487. The summed E-state index contributed by atoms with van der Waals surface area (Å²) in [6.07, 6.45) is 1.66. The number of ether oxygens (including phenoxy) is 1. The van der Waals surface area contributed by atoms with Crippen molar-refractivity contribution >= 4 is 6.09 Å². The zero-order valence-electron chi connectivity index (χ0n) is 15.2. The molecule has 0 fully saturated rings. The number of carbonyl (C=O) groups is 1. The third-order valence-corrected chi connectivity index (χ3v) is 3.83. The molecule has 0 aromatic heterocycles. The first-order chi connectivity index (χ1) is 10.8. The van der Waals surface area contributed by atoms with Crippen molar-refractivity contribution in [3.05, 3.63) is 35.9 Å². The summed E-state index contributed by atoms with van der Waals surface area (Å²) in [4.78, 5) is 12.0. The first-order valence-electron chi connectivity index (χ1n) is 8.56. The van der Waals surface area contributed by atoms with E-state index in [1.54, 1.807) is 0 Å². The molecule has 1 aromatic carbocycles. The van der Waals surface area contributed by atoms with Gasteiger partial charge in [0.2, 0.25) is 0 Å². The Bertz CT molecular complexity index is 454. The zero-order valence-corrected chi connectivity index (χ0v) is 15.2. The van der Waals surface area contributed by atoms with Crippen molar-refractivity contribution in [1.82, 2.24) is 10.6 Å². The van der Waals surface area contributed by atoms with Gasteiger partial charge in [0.05, 0.1) is 0 Å². The number of nitrogens with one attached hydrogen (secondary N) is 2. The second kappa shape index (κ2) is 9.56. The normalized spacial score (nSPS) is 14.1. The SMILES string of the molecule is CC[C@H](C)[C@@H](CNCCc1ccccc1)NC(=O)OC(C)(C)C. The zero-order chi connectivity index (χ0) is 17.3. The van der Waals surface area contributed by atoms with Crippen molar-refractivity contribution in [1.29, 1.82) is 0 Å². The Morgan fingerprint density at radius 1 is 1.22 bits per heavy atom. The molecule has 2 N–H and O–H groups in total. The Labute approximate surface area is 141 Å². The minimum absolute atomic E-state index is 0.0747. The molecular weight excluding hydrogens is 288 g/mol. The van der Waals surface area contributed by atoms with Crippen LogP contribution in [0.2, 0.25) is 0 Å². The minimum atomic E-state index is -0.467. The van der Waals surface area contributed by atoms with Gasteiger partial charge in [0.15, 0.2) is 0 Å². The first-order valence-corrected chi connectivity index (χ1v) is 8.56. The molecule has 0 unspecified atom stereocenters. The molecule has 0 radical (unpaired) electrons. The van der Waals surface area contributed by atoms with Gasteiger partial charge in [-0.3, -0.25) is 0 Å². The summed E-state index contributed by atoms with van der Waals surface area (Å²) in [5, 5.41) is 6.45. The predicted molar refractivity (Wildman–Crippen MR) is 95.6 cm³/mol. The van der Waals surface area contributed by atoms with E-state index >= 15 is 0 Å². The van der Waals surface area contributed by atoms with Crippen molar-refractivity contribution in [2.75, 3.05) is 13.1 Å². The van der Waals surface area contributed by atoms with E-state index in [-0.39, 0.29) is 12.1 Å². The molecule has 0 aliphatic carbocycles. The highest BCUT2D eigenvalue weighted by molar-refractivity contribution is 5.68. The lowest BCUT2D eigenvalue weighted by Gasteiger charge is -2.27. The maximum absolute atomic E-state index is 12.0. The Balaban J connectivity index is 2.40. The molecule has 1 amide bonds. The van der Waals surface area contributed by atoms with Crippen LogP contribution in [0.4, 0.5) is 4.79 Å². The molecule has 4 heteroatoms. The Kier molecular flexibility index (Phi) is 8.10. The van der Waals surface area contributed by atoms with E-state index in [2.05, 4.69) is 48.7 Å². The van der Waals surface area contributed by atoms with Gasteiger partial charge in [-0.2, -0.15) is 0 Å². The average Bonchev–Trinajstić information content (AvgIpc) is 2.48. The molecule has 0 heterocycles. The smallest absolute Gasteiger partial charge is 0.407 e. The maximum Gasteiger partial charge on any atom is 0.407 e. The highest BCUT2D eigenvalue weighted by Crippen LogP contribution is 2.10. The van der Waals surface area contributed by atoms with Crippen LogP contribution in [0.5, 0.6) is 0 Å². The van der Waals surface area contributed by atoms with Crippen LogP contribution in [0.3, 0.4) is 0 Å². The number of benzene rings is 1. The fraction of sp³-hybridized carbons (Fsp3) is 0.632. The average molecular weight is 320 g/mol. The molecular formula is C19H32N2O2. The van der Waals surface area contributed by atoms with Gasteiger partial charge < -0.3 is 15.4 Å². The fourth-order valence-electron chi connectivity index (χ4n) is 2.27. The van der Waals surface area contributed by atoms with Gasteiger partial charge in [0, 0.05) is 12.6 Å². The van der Waals surface area contributed by atoms with E-state index in [9.17, 15) is 4.79 Å². The van der Waals surface area contributed by atoms with Crippen molar-refractivity contribution < 1.29 is 9.53 Å². The molecule has 1 aromatic rings. The summed E-state index contributed by atoms with van der Waals surface area (Å²) in [6.45, 7) is 11.6. The predicted octanol–water partition coefficient (Wildman–Crippen LogP) is 3.76. The molecule has 0 aliphatic rings. The van der Waals surface area contributed by atoms with Gasteiger partial charge in [0.1, 0.15) is 5.60 Å². The number of hydrogen-bond acceptors (Lipinski definition) is 3. The number of rotatable bonds is 8. The van der Waals surface area contributed by atoms with Crippen LogP contribution >= 0.6 is 0 Å². The number of amides is 1. The third-order valence-electron chi connectivity index (χ3n) is 3.83. The van der Waals surface area contributed by atoms with Crippen LogP contribution < -0.4 is 10.6 Å². The first kappa shape index (κ1) is 19.5. The van der Waals surface area contributed by atoms with Crippen LogP contribution in [0.25, 0.3) is 0 Å². The van der Waals surface area contributed by atoms with E-state index in [0.29, 0.717) is 5.92 Å². The Morgan fingerprint density at radius 2 is 1.87 bits per heavy atom. The molecule has 1 rings (SSSR count). The van der Waals surface area contributed by atoms with Crippen molar-refractivity contribution in [2.45, 2.75) is 59.1 Å². The van der Waals surface area contributed by atoms with Crippen LogP contribution in [0, 0.1) is 5.92 Å². The summed E-state index contributed by atoms with van der Waals surface area (Å²) in [5.41, 5.74) is 0.852. The molecule has 2 atom stereocenters. The highest BCUT2D eigenvalue weighted by Gasteiger charge is 2.22. The van der Waals surface area contributed by atoms with E-state index in [1.165, 1.54) is 5.56 Å². The molecule has 0 spiro atoms. The molecule has 0 saturated heterocycles. The molecule has 130 valence electrons. The van der Waals surface area contributed by atoms with E-state index < -0.39 is 5.60 Å². The van der Waals surface area contributed by atoms with Gasteiger partial charge in [-0.1, -0.05) is 50.6 Å². The molecule has 0 saturated carbocycles. The summed E-state index contributed by atoms with van der Waals surface area (Å²) in [7, 11) is 0. The highest BCUT2D eigenvalue weighted by atomic mass is 16.6. The number of hydrogen-bond donors (Lipinski definition) is 2. The second-order valence-corrected chi connectivity index (χ2v) is 7.08.